The van der Waals surface area contributed by atoms with E-state index in [9.17, 15) is 8.42 Å². The predicted molar refractivity (Wildman–Crippen MR) is 72.8 cm³/mol. The van der Waals surface area contributed by atoms with Crippen molar-refractivity contribution in [1.82, 2.24) is 0 Å². The number of nitrogens with two attached hydrogens (primary N) is 1. The Labute approximate surface area is 106 Å². The van der Waals surface area contributed by atoms with E-state index in [2.05, 4.69) is 6.92 Å². The Morgan fingerprint density at radius 1 is 1.06 bits per heavy atom. The number of hydrogen-bond donors (Lipinski definition) is 1. The van der Waals surface area contributed by atoms with Crippen LogP contribution >= 0.6 is 0 Å². The molecular weight excluding hydrogens is 234 g/mol. The first-order valence-electron chi connectivity index (χ1n) is 6.97. The molecule has 0 atom stereocenters. The maximum atomic E-state index is 12.0. The lowest BCUT2D eigenvalue weighted by molar-refractivity contribution is 0.323. The van der Waals surface area contributed by atoms with Crippen molar-refractivity contribution >= 4 is 9.84 Å². The van der Waals surface area contributed by atoms with Crippen LogP contribution in [0, 0.1) is 0 Å². The van der Waals surface area contributed by atoms with Gasteiger partial charge in [-0.1, -0.05) is 45.4 Å². The van der Waals surface area contributed by atoms with Crippen LogP contribution in [0.25, 0.3) is 0 Å². The summed E-state index contributed by atoms with van der Waals surface area (Å²) in [6.45, 7) is 2.13. The highest BCUT2D eigenvalue weighted by molar-refractivity contribution is 7.91. The number of unbranched alkanes of at least 4 members (excludes halogenated alkanes) is 3. The van der Waals surface area contributed by atoms with Crippen molar-refractivity contribution < 1.29 is 8.42 Å². The summed E-state index contributed by atoms with van der Waals surface area (Å²) in [7, 11) is -2.95. The molecule has 0 radical (unpaired) electrons. The Balaban J connectivity index is 2.37. The molecule has 4 heteroatoms. The maximum absolute atomic E-state index is 12.0. The minimum atomic E-state index is -2.95. The Bertz CT molecular complexity index is 305. The zero-order valence-corrected chi connectivity index (χ0v) is 11.9. The van der Waals surface area contributed by atoms with Crippen molar-refractivity contribution in [2.45, 2.75) is 70.3 Å². The van der Waals surface area contributed by atoms with Crippen LogP contribution in [0.4, 0.5) is 0 Å². The zero-order chi connectivity index (χ0) is 12.8. The third-order valence-corrected chi connectivity index (χ3v) is 5.59. The molecule has 2 N–H and O–H groups in total. The fraction of sp³-hybridized carbons (Fsp3) is 1.00. The van der Waals surface area contributed by atoms with E-state index < -0.39 is 15.4 Å². The Kier molecular flexibility index (Phi) is 5.93. The average Bonchev–Trinajstić information content (AvgIpc) is 2.24. The summed E-state index contributed by atoms with van der Waals surface area (Å²) in [5.41, 5.74) is 5.77. The van der Waals surface area contributed by atoms with Crippen molar-refractivity contribution in [2.75, 3.05) is 11.5 Å². The second kappa shape index (κ2) is 6.74. The lowest BCUT2D eigenvalue weighted by Gasteiger charge is -2.33. The van der Waals surface area contributed by atoms with E-state index in [-0.39, 0.29) is 5.75 Å². The molecule has 0 unspecified atom stereocenters. The van der Waals surface area contributed by atoms with Crippen molar-refractivity contribution in [3.8, 4) is 0 Å². The Morgan fingerprint density at radius 2 is 1.71 bits per heavy atom. The molecule has 0 bridgehead atoms. The van der Waals surface area contributed by atoms with Gasteiger partial charge in [0.25, 0.3) is 0 Å². The van der Waals surface area contributed by atoms with E-state index in [0.717, 1.165) is 51.4 Å². The van der Waals surface area contributed by atoms with Gasteiger partial charge in [0, 0.05) is 5.54 Å². The van der Waals surface area contributed by atoms with Crippen LogP contribution in [-0.2, 0) is 9.84 Å². The minimum absolute atomic E-state index is 0.201. The quantitative estimate of drug-likeness (QED) is 0.717. The van der Waals surface area contributed by atoms with E-state index in [1.807, 2.05) is 0 Å². The van der Waals surface area contributed by atoms with Gasteiger partial charge in [0.1, 0.15) is 0 Å². The highest BCUT2D eigenvalue weighted by Crippen LogP contribution is 2.27. The van der Waals surface area contributed by atoms with E-state index in [0.29, 0.717) is 5.75 Å². The first-order chi connectivity index (χ1) is 7.97. The van der Waals surface area contributed by atoms with Gasteiger partial charge in [-0.15, -0.1) is 0 Å². The normalized spacial score (nSPS) is 20.4. The van der Waals surface area contributed by atoms with E-state index in [1.54, 1.807) is 0 Å². The standard InChI is InChI=1S/C13H27NO2S/c1-2-3-4-8-11-17(15,16)12-13(14)9-6-5-7-10-13/h2-12,14H2,1H3. The van der Waals surface area contributed by atoms with Crippen LogP contribution in [0.15, 0.2) is 0 Å². The highest BCUT2D eigenvalue weighted by Gasteiger charge is 2.32. The molecule has 0 aromatic heterocycles. The molecular formula is C13H27NO2S. The molecule has 1 saturated carbocycles. The molecule has 0 spiro atoms. The first-order valence-corrected chi connectivity index (χ1v) is 8.79. The molecule has 0 aliphatic heterocycles. The van der Waals surface area contributed by atoms with Gasteiger partial charge in [0.15, 0.2) is 9.84 Å². The van der Waals surface area contributed by atoms with Gasteiger partial charge in [-0.25, -0.2) is 8.42 Å². The smallest absolute Gasteiger partial charge is 0.152 e. The second-order valence-corrected chi connectivity index (χ2v) is 7.76. The largest absolute Gasteiger partial charge is 0.324 e. The van der Waals surface area contributed by atoms with Crippen LogP contribution < -0.4 is 5.73 Å². The van der Waals surface area contributed by atoms with Gasteiger partial charge in [0.2, 0.25) is 0 Å². The molecule has 102 valence electrons. The van der Waals surface area contributed by atoms with E-state index in [4.69, 9.17) is 5.73 Å². The Morgan fingerprint density at radius 3 is 2.29 bits per heavy atom. The van der Waals surface area contributed by atoms with Crippen molar-refractivity contribution in [3.63, 3.8) is 0 Å². The van der Waals surface area contributed by atoms with Crippen LogP contribution in [0.1, 0.15) is 64.7 Å². The number of rotatable bonds is 7. The topological polar surface area (TPSA) is 60.2 Å². The van der Waals surface area contributed by atoms with Gasteiger partial charge in [-0.3, -0.25) is 0 Å². The number of sulfone groups is 1. The molecule has 3 nitrogen and oxygen atoms in total. The lowest BCUT2D eigenvalue weighted by Crippen LogP contribution is -2.48. The molecule has 17 heavy (non-hydrogen) atoms. The minimum Gasteiger partial charge on any atom is -0.324 e. The van der Waals surface area contributed by atoms with Crippen molar-refractivity contribution in [3.05, 3.63) is 0 Å². The summed E-state index contributed by atoms with van der Waals surface area (Å²) in [5.74, 6) is 0.526. The van der Waals surface area contributed by atoms with Crippen LogP contribution in [0.5, 0.6) is 0 Å². The maximum Gasteiger partial charge on any atom is 0.152 e. The van der Waals surface area contributed by atoms with Gasteiger partial charge < -0.3 is 5.73 Å². The summed E-state index contributed by atoms with van der Waals surface area (Å²) in [4.78, 5) is 0. The Hall–Kier alpha value is -0.0900. The van der Waals surface area contributed by atoms with Crippen molar-refractivity contribution in [1.29, 1.82) is 0 Å². The van der Waals surface area contributed by atoms with Crippen LogP contribution in [-0.4, -0.2) is 25.5 Å². The average molecular weight is 261 g/mol. The van der Waals surface area contributed by atoms with Gasteiger partial charge in [-0.05, 0) is 19.3 Å². The van der Waals surface area contributed by atoms with Crippen molar-refractivity contribution in [2.24, 2.45) is 5.73 Å². The lowest BCUT2D eigenvalue weighted by atomic mass is 9.84. The SMILES string of the molecule is CCCCCCS(=O)(=O)CC1(N)CCCCC1. The molecule has 0 amide bonds. The van der Waals surface area contributed by atoms with Crippen LogP contribution in [0.3, 0.4) is 0 Å². The fourth-order valence-electron chi connectivity index (χ4n) is 2.66. The van der Waals surface area contributed by atoms with E-state index in [1.165, 1.54) is 6.42 Å². The summed E-state index contributed by atoms with van der Waals surface area (Å²) in [6.07, 6.45) is 9.21. The molecule has 0 aromatic rings. The zero-order valence-electron chi connectivity index (χ0n) is 11.1. The number of hydrogen-bond acceptors (Lipinski definition) is 3. The summed E-state index contributed by atoms with van der Waals surface area (Å²) >= 11 is 0. The third-order valence-electron chi connectivity index (χ3n) is 3.67. The van der Waals surface area contributed by atoms with Gasteiger partial charge in [-0.2, -0.15) is 0 Å². The van der Waals surface area contributed by atoms with Crippen LogP contribution in [0.2, 0.25) is 0 Å². The monoisotopic (exact) mass is 261 g/mol. The molecule has 1 rings (SSSR count). The van der Waals surface area contributed by atoms with Gasteiger partial charge in [0.05, 0.1) is 11.5 Å². The first kappa shape index (κ1) is 15.0. The molecule has 0 aromatic carbocycles. The molecule has 0 saturated heterocycles. The third kappa shape index (κ3) is 5.87. The highest BCUT2D eigenvalue weighted by atomic mass is 32.2. The molecule has 1 fully saturated rings. The van der Waals surface area contributed by atoms with Gasteiger partial charge >= 0.3 is 0 Å². The molecule has 1 aliphatic rings. The summed E-state index contributed by atoms with van der Waals surface area (Å²) in [6, 6.07) is 0. The fourth-order valence-corrected chi connectivity index (χ4v) is 4.61. The molecule has 0 heterocycles. The second-order valence-electron chi connectivity index (χ2n) is 5.58. The summed E-state index contributed by atoms with van der Waals surface area (Å²) in [5, 5.41) is 0. The summed E-state index contributed by atoms with van der Waals surface area (Å²) < 4.78 is 24.0. The predicted octanol–water partition coefficient (Wildman–Crippen LogP) is 2.64. The van der Waals surface area contributed by atoms with E-state index >= 15 is 0 Å². The molecule has 1 aliphatic carbocycles.